The summed E-state index contributed by atoms with van der Waals surface area (Å²) in [5.74, 6) is 0.150. The molecule has 0 aliphatic carbocycles. The van der Waals surface area contributed by atoms with Crippen molar-refractivity contribution in [1.82, 2.24) is 24.3 Å². The fourth-order valence-corrected chi connectivity index (χ4v) is 7.10. The van der Waals surface area contributed by atoms with E-state index in [0.717, 1.165) is 22.0 Å². The molecular weight excluding hydrogens is 519 g/mol. The molecule has 1 N–H and O–H groups in total. The number of aromatic amines is 1. The number of fused-ring (bicyclic) bond motifs is 1. The predicted octanol–water partition coefficient (Wildman–Crippen LogP) is 3.29. The van der Waals surface area contributed by atoms with Crippen LogP contribution in [0.4, 0.5) is 13.2 Å². The van der Waals surface area contributed by atoms with Gasteiger partial charge >= 0.3 is 11.9 Å². The molecule has 4 aromatic rings. The van der Waals surface area contributed by atoms with Crippen LogP contribution in [0, 0.1) is 12.8 Å². The van der Waals surface area contributed by atoms with Crippen molar-refractivity contribution in [3.8, 4) is 0 Å². The third-order valence-corrected chi connectivity index (χ3v) is 8.50. The van der Waals surface area contributed by atoms with E-state index in [9.17, 15) is 31.2 Å². The Bertz CT molecular complexity index is 1700. The topological polar surface area (TPSA) is 120 Å². The van der Waals surface area contributed by atoms with Gasteiger partial charge in [0, 0.05) is 24.9 Å². The Kier molecular flexibility index (Phi) is 6.45. The van der Waals surface area contributed by atoms with Crippen molar-refractivity contribution >= 4 is 31.4 Å². The van der Waals surface area contributed by atoms with Crippen LogP contribution < -0.4 is 11.2 Å². The fraction of sp³-hybridized carbons (Fsp3) is 0.364. The molecule has 0 spiro atoms. The lowest BCUT2D eigenvalue weighted by atomic mass is 10.0. The summed E-state index contributed by atoms with van der Waals surface area (Å²) in [5.41, 5.74) is -2.62. The Hall–Kier alpha value is -3.26. The van der Waals surface area contributed by atoms with Gasteiger partial charge in [-0.05, 0) is 24.5 Å². The number of rotatable bonds is 6. The van der Waals surface area contributed by atoms with Crippen molar-refractivity contribution < 1.29 is 21.6 Å². The molecule has 3 aromatic heterocycles. The van der Waals surface area contributed by atoms with Crippen molar-refractivity contribution in [3.05, 3.63) is 66.9 Å². The number of aromatic nitrogens is 5. The highest BCUT2D eigenvalue weighted by molar-refractivity contribution is 7.91. The SMILES string of the molecule is Cc1nc(S(=O)(=O)c2c(Cc3ccccc3C(F)(F)F)sc3c2c(=O)n(C)c(=O)n3CC(C)C)n[nH]1. The lowest BCUT2D eigenvalue weighted by molar-refractivity contribution is -0.138. The van der Waals surface area contributed by atoms with Gasteiger partial charge < -0.3 is 0 Å². The van der Waals surface area contributed by atoms with E-state index < -0.39 is 49.3 Å². The van der Waals surface area contributed by atoms with E-state index in [1.165, 1.54) is 36.7 Å². The number of hydrogen-bond acceptors (Lipinski definition) is 7. The number of hydrogen-bond donors (Lipinski definition) is 1. The summed E-state index contributed by atoms with van der Waals surface area (Å²) in [5, 5.41) is 5.26. The molecule has 0 bridgehead atoms. The third-order valence-electron chi connectivity index (χ3n) is 5.50. The summed E-state index contributed by atoms with van der Waals surface area (Å²) in [7, 11) is -3.32. The van der Waals surface area contributed by atoms with Crippen LogP contribution in [0.25, 0.3) is 10.2 Å². The molecule has 192 valence electrons. The molecule has 4 rings (SSSR count). The Morgan fingerprint density at radius 2 is 1.83 bits per heavy atom. The molecule has 1 aromatic carbocycles. The summed E-state index contributed by atoms with van der Waals surface area (Å²) >= 11 is 0.809. The van der Waals surface area contributed by atoms with Gasteiger partial charge in [0.05, 0.1) is 10.9 Å². The van der Waals surface area contributed by atoms with E-state index in [2.05, 4.69) is 15.2 Å². The van der Waals surface area contributed by atoms with Gasteiger partial charge in [-0.1, -0.05) is 32.0 Å². The molecule has 3 heterocycles. The molecule has 0 fully saturated rings. The van der Waals surface area contributed by atoms with Gasteiger partial charge in [-0.25, -0.2) is 18.2 Å². The molecule has 9 nitrogen and oxygen atoms in total. The van der Waals surface area contributed by atoms with Gasteiger partial charge in [-0.15, -0.1) is 16.4 Å². The smallest absolute Gasteiger partial charge is 0.284 e. The molecule has 0 aliphatic heterocycles. The summed E-state index contributed by atoms with van der Waals surface area (Å²) in [6.45, 7) is 5.33. The zero-order chi connectivity index (χ0) is 26.6. The molecule has 0 saturated heterocycles. The maximum Gasteiger partial charge on any atom is 0.416 e. The Morgan fingerprint density at radius 3 is 2.42 bits per heavy atom. The molecule has 0 amide bonds. The second-order valence-corrected chi connectivity index (χ2v) is 11.6. The first-order chi connectivity index (χ1) is 16.7. The first-order valence-electron chi connectivity index (χ1n) is 10.8. The number of H-pyrrole nitrogens is 1. The quantitative estimate of drug-likeness (QED) is 0.400. The molecule has 0 unspecified atom stereocenters. The van der Waals surface area contributed by atoms with Crippen LogP contribution >= 0.6 is 11.3 Å². The molecule has 0 aliphatic rings. The number of thiophene rings is 1. The van der Waals surface area contributed by atoms with Crippen molar-refractivity contribution in [2.24, 2.45) is 13.0 Å². The van der Waals surface area contributed by atoms with Crippen molar-refractivity contribution in [3.63, 3.8) is 0 Å². The molecule has 0 radical (unpaired) electrons. The molecule has 36 heavy (non-hydrogen) atoms. The van der Waals surface area contributed by atoms with E-state index in [4.69, 9.17) is 0 Å². The molecular formula is C22H22F3N5O4S2. The van der Waals surface area contributed by atoms with E-state index in [1.54, 1.807) is 0 Å². The lowest BCUT2D eigenvalue weighted by Gasteiger charge is -2.12. The van der Waals surface area contributed by atoms with Crippen LogP contribution in [-0.2, 0) is 36.0 Å². The highest BCUT2D eigenvalue weighted by Crippen LogP contribution is 2.39. The minimum absolute atomic E-state index is 0.0237. The van der Waals surface area contributed by atoms with Gasteiger partial charge in [-0.3, -0.25) is 19.0 Å². The largest absolute Gasteiger partial charge is 0.416 e. The number of sulfone groups is 1. The summed E-state index contributed by atoms with van der Waals surface area (Å²) < 4.78 is 70.6. The summed E-state index contributed by atoms with van der Waals surface area (Å²) in [6, 6.07) is 4.81. The number of nitrogens with zero attached hydrogens (tertiary/aromatic N) is 4. The Labute approximate surface area is 207 Å². The maximum atomic E-state index is 13.7. The average molecular weight is 542 g/mol. The number of aryl methyl sites for hydroxylation is 1. The van der Waals surface area contributed by atoms with Gasteiger partial charge in [0.25, 0.3) is 10.7 Å². The Balaban J connectivity index is 2.12. The number of benzene rings is 1. The first kappa shape index (κ1) is 25.8. The van der Waals surface area contributed by atoms with Crippen molar-refractivity contribution in [1.29, 1.82) is 0 Å². The number of nitrogens with one attached hydrogen (secondary N) is 1. The van der Waals surface area contributed by atoms with Crippen LogP contribution in [0.1, 0.15) is 35.7 Å². The summed E-state index contributed by atoms with van der Waals surface area (Å²) in [4.78, 5) is 29.6. The van der Waals surface area contributed by atoms with Gasteiger partial charge in [0.2, 0.25) is 9.84 Å². The minimum atomic E-state index is -4.68. The van der Waals surface area contributed by atoms with Crippen LogP contribution in [0.5, 0.6) is 0 Å². The standard InChI is InChI=1S/C22H22F3N5O4S2/c1-11(2)10-30-19-16(18(31)29(4)21(30)32)17(36(33,34)20-26-12(3)27-28-20)15(35-19)9-13-7-5-6-8-14(13)22(23,24)25/h5-8,11H,9-10H2,1-4H3,(H,26,27,28). The van der Waals surface area contributed by atoms with Crippen LogP contribution in [0.15, 0.2) is 43.9 Å². The highest BCUT2D eigenvalue weighted by atomic mass is 32.2. The molecule has 14 heteroatoms. The van der Waals surface area contributed by atoms with Crippen molar-refractivity contribution in [2.75, 3.05) is 0 Å². The van der Waals surface area contributed by atoms with Crippen LogP contribution in [0.2, 0.25) is 0 Å². The average Bonchev–Trinajstić information content (AvgIpc) is 3.39. The summed E-state index contributed by atoms with van der Waals surface area (Å²) in [6.07, 6.45) is -5.12. The molecule has 0 saturated carbocycles. The molecule has 0 atom stereocenters. The van der Waals surface area contributed by atoms with E-state index in [-0.39, 0.29) is 38.9 Å². The van der Waals surface area contributed by atoms with Gasteiger partial charge in [0.1, 0.15) is 15.6 Å². The zero-order valence-electron chi connectivity index (χ0n) is 19.7. The van der Waals surface area contributed by atoms with E-state index >= 15 is 0 Å². The van der Waals surface area contributed by atoms with Crippen molar-refractivity contribution in [2.45, 2.75) is 50.0 Å². The van der Waals surface area contributed by atoms with E-state index in [0.29, 0.717) is 0 Å². The highest BCUT2D eigenvalue weighted by Gasteiger charge is 2.36. The second-order valence-electron chi connectivity index (χ2n) is 8.72. The Morgan fingerprint density at radius 1 is 1.17 bits per heavy atom. The lowest BCUT2D eigenvalue weighted by Crippen LogP contribution is -2.38. The first-order valence-corrected chi connectivity index (χ1v) is 13.1. The normalized spacial score (nSPS) is 12.7. The number of halogens is 3. The minimum Gasteiger partial charge on any atom is -0.284 e. The van der Waals surface area contributed by atoms with Crippen LogP contribution in [0.3, 0.4) is 0 Å². The fourth-order valence-electron chi connectivity index (χ4n) is 3.94. The third kappa shape index (κ3) is 4.39. The maximum absolute atomic E-state index is 13.7. The zero-order valence-corrected chi connectivity index (χ0v) is 21.3. The van der Waals surface area contributed by atoms with Gasteiger partial charge in [0.15, 0.2) is 0 Å². The van der Waals surface area contributed by atoms with Crippen LogP contribution in [-0.4, -0.2) is 32.7 Å². The number of alkyl halides is 3. The predicted molar refractivity (Wildman–Crippen MR) is 127 cm³/mol. The van der Waals surface area contributed by atoms with Gasteiger partial charge in [-0.2, -0.15) is 13.2 Å². The van der Waals surface area contributed by atoms with E-state index in [1.807, 2.05) is 13.8 Å². The monoisotopic (exact) mass is 541 g/mol. The second kappa shape index (κ2) is 9.00.